The van der Waals surface area contributed by atoms with Gasteiger partial charge in [0.2, 0.25) is 17.7 Å². The van der Waals surface area contributed by atoms with Gasteiger partial charge in [-0.15, -0.1) is 0 Å². The van der Waals surface area contributed by atoms with Crippen LogP contribution in [0.4, 0.5) is 0 Å². The SMILES string of the molecule is CCC(C)C(NC(=O)C(N)CC(=O)O)C(=O)NC(Cc1ccccc1)C(=O)NC(CCSC)C(=O)O. The highest BCUT2D eigenvalue weighted by atomic mass is 32.2. The maximum absolute atomic E-state index is 13.2. The molecule has 7 N–H and O–H groups in total. The van der Waals surface area contributed by atoms with Gasteiger partial charge in [0, 0.05) is 6.42 Å². The first-order valence-electron chi connectivity index (χ1n) is 11.6. The number of nitrogens with two attached hydrogens (primary N) is 1. The van der Waals surface area contributed by atoms with Gasteiger partial charge >= 0.3 is 11.9 Å². The summed E-state index contributed by atoms with van der Waals surface area (Å²) in [5.41, 5.74) is 6.37. The van der Waals surface area contributed by atoms with Gasteiger partial charge in [-0.3, -0.25) is 19.2 Å². The van der Waals surface area contributed by atoms with Crippen molar-refractivity contribution < 1.29 is 34.2 Å². The molecule has 0 spiro atoms. The summed E-state index contributed by atoms with van der Waals surface area (Å²) in [5, 5.41) is 26.0. The van der Waals surface area contributed by atoms with Crippen molar-refractivity contribution in [2.24, 2.45) is 11.7 Å². The van der Waals surface area contributed by atoms with Crippen LogP contribution in [-0.4, -0.2) is 76.0 Å². The Kier molecular flexibility index (Phi) is 13.6. The first-order chi connectivity index (χ1) is 17.0. The average molecular weight is 525 g/mol. The van der Waals surface area contributed by atoms with E-state index in [2.05, 4.69) is 16.0 Å². The second kappa shape index (κ2) is 15.8. The molecule has 200 valence electrons. The van der Waals surface area contributed by atoms with Crippen LogP contribution in [0.2, 0.25) is 0 Å². The number of carboxylic acid groups (broad SMARTS) is 2. The fourth-order valence-electron chi connectivity index (χ4n) is 3.33. The zero-order chi connectivity index (χ0) is 27.3. The number of rotatable bonds is 16. The summed E-state index contributed by atoms with van der Waals surface area (Å²) in [6.45, 7) is 3.54. The van der Waals surface area contributed by atoms with Crippen molar-refractivity contribution in [2.45, 2.75) is 63.7 Å². The Morgan fingerprint density at radius 3 is 2.08 bits per heavy atom. The molecule has 0 aromatic heterocycles. The second-order valence-corrected chi connectivity index (χ2v) is 9.49. The van der Waals surface area contributed by atoms with E-state index >= 15 is 0 Å². The van der Waals surface area contributed by atoms with Crippen molar-refractivity contribution in [3.05, 3.63) is 35.9 Å². The maximum Gasteiger partial charge on any atom is 0.326 e. The number of hydrogen-bond acceptors (Lipinski definition) is 7. The first kappa shape index (κ1) is 30.9. The van der Waals surface area contributed by atoms with E-state index in [1.54, 1.807) is 37.3 Å². The summed E-state index contributed by atoms with van der Waals surface area (Å²) < 4.78 is 0. The predicted molar refractivity (Wildman–Crippen MR) is 136 cm³/mol. The van der Waals surface area contributed by atoms with Gasteiger partial charge in [-0.05, 0) is 29.9 Å². The molecule has 1 aromatic rings. The van der Waals surface area contributed by atoms with Gasteiger partial charge in [0.1, 0.15) is 18.1 Å². The minimum Gasteiger partial charge on any atom is -0.481 e. The Labute approximate surface area is 215 Å². The summed E-state index contributed by atoms with van der Waals surface area (Å²) in [6, 6.07) is 4.22. The molecule has 0 aliphatic rings. The average Bonchev–Trinajstić information content (AvgIpc) is 2.83. The second-order valence-electron chi connectivity index (χ2n) is 8.51. The Balaban J connectivity index is 3.13. The van der Waals surface area contributed by atoms with Crippen LogP contribution in [0.25, 0.3) is 0 Å². The number of carbonyl (C=O) groups is 5. The predicted octanol–water partition coefficient (Wildman–Crippen LogP) is 0.369. The molecule has 0 radical (unpaired) electrons. The van der Waals surface area contributed by atoms with Crippen molar-refractivity contribution in [3.8, 4) is 0 Å². The Morgan fingerprint density at radius 2 is 1.56 bits per heavy atom. The molecule has 5 atom stereocenters. The standard InChI is InChI=1S/C24H36N4O7S/c1-4-14(2)20(28-21(31)16(25)13-19(29)30)23(33)27-18(12-15-8-6-5-7-9-15)22(32)26-17(24(34)35)10-11-36-3/h5-9,14,16-18,20H,4,10-13,25H2,1-3H3,(H,26,32)(H,27,33)(H,28,31)(H,29,30)(H,34,35). The van der Waals surface area contributed by atoms with Crippen LogP contribution in [0.5, 0.6) is 0 Å². The van der Waals surface area contributed by atoms with Gasteiger partial charge in [0.25, 0.3) is 0 Å². The number of hydrogen-bond donors (Lipinski definition) is 6. The van der Waals surface area contributed by atoms with Gasteiger partial charge in [-0.25, -0.2) is 4.79 Å². The lowest BCUT2D eigenvalue weighted by Gasteiger charge is -2.28. The van der Waals surface area contributed by atoms with E-state index < -0.39 is 60.2 Å². The molecular formula is C24H36N4O7S. The van der Waals surface area contributed by atoms with Crippen molar-refractivity contribution >= 4 is 41.4 Å². The van der Waals surface area contributed by atoms with Gasteiger partial charge < -0.3 is 31.9 Å². The normalized spacial score (nSPS) is 15.0. The number of carbonyl (C=O) groups excluding carboxylic acids is 3. The van der Waals surface area contributed by atoms with Crippen molar-refractivity contribution in [1.82, 2.24) is 16.0 Å². The van der Waals surface area contributed by atoms with Crippen LogP contribution in [0, 0.1) is 5.92 Å². The lowest BCUT2D eigenvalue weighted by atomic mass is 9.96. The molecule has 12 heteroatoms. The summed E-state index contributed by atoms with van der Waals surface area (Å²) in [5.74, 6) is -4.41. The molecule has 0 bridgehead atoms. The quantitative estimate of drug-likeness (QED) is 0.177. The third kappa shape index (κ3) is 10.6. The van der Waals surface area contributed by atoms with Crippen LogP contribution in [-0.2, 0) is 30.4 Å². The molecule has 0 fully saturated rings. The van der Waals surface area contributed by atoms with Gasteiger partial charge in [-0.2, -0.15) is 11.8 Å². The molecule has 1 rings (SSSR count). The summed E-state index contributed by atoms with van der Waals surface area (Å²) >= 11 is 1.45. The van der Waals surface area contributed by atoms with Crippen LogP contribution in [0.3, 0.4) is 0 Å². The number of carboxylic acids is 2. The molecule has 0 saturated carbocycles. The number of benzene rings is 1. The fourth-order valence-corrected chi connectivity index (χ4v) is 3.80. The molecule has 0 aliphatic heterocycles. The highest BCUT2D eigenvalue weighted by molar-refractivity contribution is 7.98. The van der Waals surface area contributed by atoms with Crippen LogP contribution < -0.4 is 21.7 Å². The van der Waals surface area contributed by atoms with Crippen LogP contribution in [0.1, 0.15) is 38.7 Å². The smallest absolute Gasteiger partial charge is 0.326 e. The first-order valence-corrected chi connectivity index (χ1v) is 13.0. The summed E-state index contributed by atoms with van der Waals surface area (Å²) in [4.78, 5) is 61.3. The number of amides is 3. The zero-order valence-corrected chi connectivity index (χ0v) is 21.5. The van der Waals surface area contributed by atoms with E-state index in [0.717, 1.165) is 5.56 Å². The number of aliphatic carboxylic acids is 2. The van der Waals surface area contributed by atoms with Crippen molar-refractivity contribution in [2.75, 3.05) is 12.0 Å². The maximum atomic E-state index is 13.2. The Morgan fingerprint density at radius 1 is 0.944 bits per heavy atom. The van der Waals surface area contributed by atoms with Gasteiger partial charge in [0.05, 0.1) is 12.5 Å². The molecule has 0 saturated heterocycles. The molecule has 36 heavy (non-hydrogen) atoms. The third-order valence-electron chi connectivity index (χ3n) is 5.67. The monoisotopic (exact) mass is 524 g/mol. The highest BCUT2D eigenvalue weighted by Gasteiger charge is 2.32. The zero-order valence-electron chi connectivity index (χ0n) is 20.7. The molecule has 3 amide bonds. The van der Waals surface area contributed by atoms with E-state index in [1.165, 1.54) is 11.8 Å². The van der Waals surface area contributed by atoms with Crippen molar-refractivity contribution in [3.63, 3.8) is 0 Å². The number of thioether (sulfide) groups is 1. The lowest BCUT2D eigenvalue weighted by molar-refractivity contribution is -0.142. The highest BCUT2D eigenvalue weighted by Crippen LogP contribution is 2.11. The van der Waals surface area contributed by atoms with Crippen molar-refractivity contribution in [1.29, 1.82) is 0 Å². The largest absolute Gasteiger partial charge is 0.481 e. The van der Waals surface area contributed by atoms with Crippen LogP contribution in [0.15, 0.2) is 30.3 Å². The van der Waals surface area contributed by atoms with E-state index in [9.17, 15) is 29.1 Å². The topological polar surface area (TPSA) is 188 Å². The van der Waals surface area contributed by atoms with E-state index in [1.807, 2.05) is 13.2 Å². The molecule has 11 nitrogen and oxygen atoms in total. The van der Waals surface area contributed by atoms with Crippen LogP contribution >= 0.6 is 11.8 Å². The summed E-state index contributed by atoms with van der Waals surface area (Å²) in [7, 11) is 0. The number of nitrogens with one attached hydrogen (secondary N) is 3. The fraction of sp³-hybridized carbons (Fsp3) is 0.542. The molecule has 5 unspecified atom stereocenters. The third-order valence-corrected chi connectivity index (χ3v) is 6.31. The molecule has 0 heterocycles. The van der Waals surface area contributed by atoms with Gasteiger partial charge in [0.15, 0.2) is 0 Å². The summed E-state index contributed by atoms with van der Waals surface area (Å²) in [6.07, 6.45) is 2.02. The van der Waals surface area contributed by atoms with E-state index in [0.29, 0.717) is 12.2 Å². The lowest BCUT2D eigenvalue weighted by Crippen LogP contribution is -2.59. The van der Waals surface area contributed by atoms with E-state index in [-0.39, 0.29) is 18.8 Å². The molecular weight excluding hydrogens is 488 g/mol. The minimum atomic E-state index is -1.35. The molecule has 1 aromatic carbocycles. The Bertz CT molecular complexity index is 900. The van der Waals surface area contributed by atoms with E-state index in [4.69, 9.17) is 10.8 Å². The van der Waals surface area contributed by atoms with Gasteiger partial charge in [-0.1, -0.05) is 50.6 Å². The Hall–Kier alpha value is -3.12. The minimum absolute atomic E-state index is 0.0903. The molecule has 0 aliphatic carbocycles.